The molecular weight excluding hydrogens is 229 g/mol. The Kier molecular flexibility index (Phi) is 5.64. The average molecular weight is 242 g/mol. The van der Waals surface area contributed by atoms with Gasteiger partial charge < -0.3 is 15.4 Å². The number of likely N-dealkylation sites (tertiary alicyclic amines) is 1. The molecule has 82 valence electrons. The van der Waals surface area contributed by atoms with Crippen LogP contribution in [0.1, 0.15) is 6.42 Å². The number of carbonyl (C=O) groups is 1. The Hall–Kier alpha value is -0.680. The van der Waals surface area contributed by atoms with Crippen LogP contribution in [0.25, 0.3) is 0 Å². The molecule has 0 bridgehead atoms. The number of amides is 1. The normalized spacial score (nSPS) is 20.1. The molecule has 1 fully saturated rings. The second-order valence-electron chi connectivity index (χ2n) is 2.87. The highest BCUT2D eigenvalue weighted by Crippen LogP contribution is 2.12. The minimum Gasteiger partial charge on any atom is -0.444 e. The van der Waals surface area contributed by atoms with Crippen molar-refractivity contribution >= 4 is 35.9 Å². The topological polar surface area (TPSA) is 79.4 Å². The maximum absolute atomic E-state index is 10.4. The summed E-state index contributed by atoms with van der Waals surface area (Å²) in [6, 6.07) is 0. The molecule has 1 rings (SSSR count). The van der Waals surface area contributed by atoms with Gasteiger partial charge in [0.2, 0.25) is 0 Å². The smallest absolute Gasteiger partial charge is 0.404 e. The van der Waals surface area contributed by atoms with Crippen LogP contribution in [0, 0.1) is 5.41 Å². The Labute approximate surface area is 93.4 Å². The number of primary amides is 1. The van der Waals surface area contributed by atoms with Crippen molar-refractivity contribution in [2.45, 2.75) is 12.5 Å². The molecule has 14 heavy (non-hydrogen) atoms. The molecule has 5 nitrogen and oxygen atoms in total. The summed E-state index contributed by atoms with van der Waals surface area (Å²) in [4.78, 5) is 12.2. The average Bonchev–Trinajstić information content (AvgIpc) is 2.50. The van der Waals surface area contributed by atoms with Gasteiger partial charge in [0.15, 0.2) is 0 Å². The third kappa shape index (κ3) is 3.59. The van der Waals surface area contributed by atoms with Gasteiger partial charge >= 0.3 is 6.09 Å². The number of halogens is 2. The minimum atomic E-state index is -0.760. The van der Waals surface area contributed by atoms with Gasteiger partial charge in [0.1, 0.15) is 11.9 Å². The number of hydrogen-bond acceptors (Lipinski definition) is 3. The van der Waals surface area contributed by atoms with Gasteiger partial charge in [0, 0.05) is 13.0 Å². The molecule has 0 aromatic heterocycles. The molecule has 0 aliphatic carbocycles. The van der Waals surface area contributed by atoms with E-state index in [0.29, 0.717) is 25.3 Å². The monoisotopic (exact) mass is 241 g/mol. The third-order valence-corrected chi connectivity index (χ3v) is 2.19. The van der Waals surface area contributed by atoms with Crippen LogP contribution in [-0.4, -0.2) is 41.9 Å². The molecule has 1 aliphatic rings. The van der Waals surface area contributed by atoms with Crippen LogP contribution < -0.4 is 5.73 Å². The lowest BCUT2D eigenvalue weighted by molar-refractivity contribution is 0.113. The summed E-state index contributed by atoms with van der Waals surface area (Å²) in [5, 5.41) is 7.43. The molecule has 1 aliphatic heterocycles. The SMILES string of the molecule is Cl.N=C(CCl)N1CC[C@@H](OC(N)=O)C1. The fourth-order valence-electron chi connectivity index (χ4n) is 1.32. The van der Waals surface area contributed by atoms with Crippen LogP contribution in [-0.2, 0) is 4.74 Å². The summed E-state index contributed by atoms with van der Waals surface area (Å²) in [6.45, 7) is 1.22. The maximum atomic E-state index is 10.4. The van der Waals surface area contributed by atoms with Crippen molar-refractivity contribution in [2.75, 3.05) is 19.0 Å². The lowest BCUT2D eigenvalue weighted by Gasteiger charge is -2.16. The van der Waals surface area contributed by atoms with Gasteiger partial charge in [0.25, 0.3) is 0 Å². The van der Waals surface area contributed by atoms with Gasteiger partial charge in [-0.3, -0.25) is 5.41 Å². The fraction of sp³-hybridized carbons (Fsp3) is 0.714. The minimum absolute atomic E-state index is 0. The zero-order valence-corrected chi connectivity index (χ0v) is 9.11. The van der Waals surface area contributed by atoms with Crippen LogP contribution in [0.5, 0.6) is 0 Å². The van der Waals surface area contributed by atoms with Crippen LogP contribution >= 0.6 is 24.0 Å². The maximum Gasteiger partial charge on any atom is 0.404 e. The van der Waals surface area contributed by atoms with E-state index in [1.807, 2.05) is 0 Å². The van der Waals surface area contributed by atoms with E-state index in [-0.39, 0.29) is 24.4 Å². The van der Waals surface area contributed by atoms with E-state index in [1.165, 1.54) is 0 Å². The van der Waals surface area contributed by atoms with Crippen molar-refractivity contribution in [1.29, 1.82) is 5.41 Å². The summed E-state index contributed by atoms with van der Waals surface area (Å²) < 4.78 is 4.79. The number of hydrogen-bond donors (Lipinski definition) is 2. The fourth-order valence-corrected chi connectivity index (χ4v) is 1.49. The zero-order chi connectivity index (χ0) is 9.84. The van der Waals surface area contributed by atoms with E-state index >= 15 is 0 Å². The summed E-state index contributed by atoms with van der Waals surface area (Å²) in [5.74, 6) is 0.542. The standard InChI is InChI=1S/C7H12ClN3O2.ClH/c8-3-6(9)11-2-1-5(4-11)13-7(10)12;/h5,9H,1-4H2,(H2,10,12);1H/t5-;/m1./s1. The third-order valence-electron chi connectivity index (χ3n) is 1.94. The van der Waals surface area contributed by atoms with Crippen LogP contribution in [0.4, 0.5) is 4.79 Å². The van der Waals surface area contributed by atoms with E-state index in [9.17, 15) is 4.79 Å². The predicted octanol–water partition coefficient (Wildman–Crippen LogP) is 0.794. The highest BCUT2D eigenvalue weighted by molar-refractivity contribution is 6.27. The Morgan fingerprint density at radius 2 is 2.36 bits per heavy atom. The highest BCUT2D eigenvalue weighted by atomic mass is 35.5. The van der Waals surface area contributed by atoms with Crippen LogP contribution in [0.3, 0.4) is 0 Å². The van der Waals surface area contributed by atoms with E-state index in [4.69, 9.17) is 27.5 Å². The van der Waals surface area contributed by atoms with Gasteiger partial charge in [-0.1, -0.05) is 0 Å². The van der Waals surface area contributed by atoms with E-state index in [1.54, 1.807) is 4.90 Å². The summed E-state index contributed by atoms with van der Waals surface area (Å²) in [5.41, 5.74) is 4.87. The van der Waals surface area contributed by atoms with Gasteiger partial charge in [0.05, 0.1) is 12.4 Å². The second-order valence-corrected chi connectivity index (χ2v) is 3.14. The van der Waals surface area contributed by atoms with Crippen molar-refractivity contribution in [3.05, 3.63) is 0 Å². The summed E-state index contributed by atoms with van der Waals surface area (Å²) >= 11 is 5.49. The van der Waals surface area contributed by atoms with Crippen molar-refractivity contribution in [1.82, 2.24) is 4.90 Å². The molecule has 3 N–H and O–H groups in total. The molecule has 7 heteroatoms. The molecule has 0 aromatic carbocycles. The van der Waals surface area contributed by atoms with E-state index in [0.717, 1.165) is 0 Å². The molecule has 0 unspecified atom stereocenters. The first-order chi connectivity index (χ1) is 6.13. The molecule has 0 radical (unpaired) electrons. The number of ether oxygens (including phenoxy) is 1. The molecule has 0 aromatic rings. The van der Waals surface area contributed by atoms with Crippen molar-refractivity contribution in [3.8, 4) is 0 Å². The van der Waals surface area contributed by atoms with Crippen molar-refractivity contribution in [2.24, 2.45) is 5.73 Å². The molecular formula is C7H13Cl2N3O2. The van der Waals surface area contributed by atoms with E-state index < -0.39 is 6.09 Å². The van der Waals surface area contributed by atoms with Crippen LogP contribution in [0.15, 0.2) is 0 Å². The quantitative estimate of drug-likeness (QED) is 0.427. The highest BCUT2D eigenvalue weighted by Gasteiger charge is 2.25. The van der Waals surface area contributed by atoms with Crippen LogP contribution in [0.2, 0.25) is 0 Å². The number of nitrogens with one attached hydrogen (secondary N) is 1. The molecule has 0 spiro atoms. The Morgan fingerprint density at radius 1 is 1.71 bits per heavy atom. The molecule has 1 atom stereocenters. The molecule has 1 saturated heterocycles. The summed E-state index contributed by atoms with van der Waals surface area (Å²) in [6.07, 6.45) is -0.243. The number of alkyl halides is 1. The first-order valence-electron chi connectivity index (χ1n) is 3.98. The first-order valence-corrected chi connectivity index (χ1v) is 4.51. The number of rotatable bonds is 2. The predicted molar refractivity (Wildman–Crippen MR) is 56.3 cm³/mol. The molecule has 0 saturated carbocycles. The lowest BCUT2D eigenvalue weighted by Crippen LogP contribution is -2.31. The van der Waals surface area contributed by atoms with Gasteiger partial charge in [-0.25, -0.2) is 4.79 Å². The molecule has 1 heterocycles. The van der Waals surface area contributed by atoms with E-state index in [2.05, 4.69) is 0 Å². The first kappa shape index (κ1) is 13.3. The van der Waals surface area contributed by atoms with Gasteiger partial charge in [-0.2, -0.15) is 0 Å². The number of nitrogens with two attached hydrogens (primary N) is 1. The number of carbonyl (C=O) groups excluding carboxylic acids is 1. The Bertz CT molecular complexity index is 225. The lowest BCUT2D eigenvalue weighted by atomic mass is 10.3. The largest absolute Gasteiger partial charge is 0.444 e. The molecule has 1 amide bonds. The second kappa shape index (κ2) is 5.93. The summed E-state index contributed by atoms with van der Waals surface area (Å²) in [7, 11) is 0. The van der Waals surface area contributed by atoms with Gasteiger partial charge in [-0.15, -0.1) is 24.0 Å². The number of amidine groups is 1. The zero-order valence-electron chi connectivity index (χ0n) is 7.53. The number of nitrogens with zero attached hydrogens (tertiary/aromatic N) is 1. The Morgan fingerprint density at radius 3 is 2.86 bits per heavy atom. The van der Waals surface area contributed by atoms with Gasteiger partial charge in [-0.05, 0) is 0 Å². The van der Waals surface area contributed by atoms with Crippen molar-refractivity contribution < 1.29 is 9.53 Å². The van der Waals surface area contributed by atoms with Crippen molar-refractivity contribution in [3.63, 3.8) is 0 Å². The Balaban J connectivity index is 0.00000169.